The Hall–Kier alpha value is -3.37. The third kappa shape index (κ3) is 7.06. The van der Waals surface area contributed by atoms with Crippen molar-refractivity contribution in [2.45, 2.75) is 25.9 Å². The lowest BCUT2D eigenvalue weighted by atomic mass is 10.0. The third-order valence-corrected chi connectivity index (χ3v) is 5.30. The molecule has 2 aromatic rings. The summed E-state index contributed by atoms with van der Waals surface area (Å²) in [7, 11) is 1.39. The number of primary amides is 1. The SMILES string of the molecule is C=C(N=C(C)c1ccc(F)c(Cl)c1)C(O)(CN=C(C)c1ccc(OCC(N)=O)c(OC)c1)C(F)F. The topological polar surface area (TPSA) is 107 Å². The van der Waals surface area contributed by atoms with E-state index in [0.29, 0.717) is 16.8 Å². The Labute approximate surface area is 205 Å². The lowest BCUT2D eigenvalue weighted by molar-refractivity contribution is -0.119. The predicted molar refractivity (Wildman–Crippen MR) is 128 cm³/mol. The van der Waals surface area contributed by atoms with E-state index in [2.05, 4.69) is 16.6 Å². The van der Waals surface area contributed by atoms with Crippen molar-refractivity contribution in [2.75, 3.05) is 20.3 Å². The predicted octanol–water partition coefficient (Wildman–Crippen LogP) is 4.18. The van der Waals surface area contributed by atoms with E-state index in [1.165, 1.54) is 38.3 Å². The molecule has 188 valence electrons. The molecule has 0 saturated carbocycles. The van der Waals surface area contributed by atoms with E-state index in [1.54, 1.807) is 13.0 Å². The molecule has 1 unspecified atom stereocenters. The molecule has 3 N–H and O–H groups in total. The van der Waals surface area contributed by atoms with Gasteiger partial charge >= 0.3 is 0 Å². The molecule has 1 amide bonds. The van der Waals surface area contributed by atoms with Crippen LogP contribution in [0.1, 0.15) is 25.0 Å². The maximum absolute atomic E-state index is 13.9. The molecule has 0 aromatic heterocycles. The zero-order chi connectivity index (χ0) is 26.3. The van der Waals surface area contributed by atoms with Gasteiger partial charge in [0.25, 0.3) is 12.3 Å². The summed E-state index contributed by atoms with van der Waals surface area (Å²) in [6, 6.07) is 8.40. The molecule has 0 bridgehead atoms. The summed E-state index contributed by atoms with van der Waals surface area (Å²) in [6.07, 6.45) is -3.25. The van der Waals surface area contributed by atoms with E-state index < -0.39 is 36.0 Å². The molecule has 2 rings (SSSR count). The molecule has 0 aliphatic heterocycles. The first kappa shape index (κ1) is 27.9. The Morgan fingerprint density at radius 1 is 1.17 bits per heavy atom. The highest BCUT2D eigenvalue weighted by molar-refractivity contribution is 6.31. The van der Waals surface area contributed by atoms with Gasteiger partial charge in [0.05, 0.1) is 24.4 Å². The fraction of sp³-hybridized carbons (Fsp3) is 0.292. The van der Waals surface area contributed by atoms with Gasteiger partial charge < -0.3 is 20.3 Å². The Kier molecular flexibility index (Phi) is 9.44. The largest absolute Gasteiger partial charge is 0.493 e. The Morgan fingerprint density at radius 3 is 2.37 bits per heavy atom. The van der Waals surface area contributed by atoms with Gasteiger partial charge in [-0.05, 0) is 55.3 Å². The van der Waals surface area contributed by atoms with E-state index in [-0.39, 0.29) is 28.8 Å². The standard InChI is InChI=1S/C24H25ClF3N3O4/c1-13(17-6-8-20(21(10-17)34-4)35-11-22(29)32)30-12-24(33,23(27)28)15(3)31-14(2)16-5-7-19(26)18(25)9-16/h5-10,23,33H,3,11-12H2,1-2,4H3,(H2,29,32). The molecule has 0 radical (unpaired) electrons. The molecular formula is C24H25ClF3N3O4. The third-order valence-electron chi connectivity index (χ3n) is 5.01. The summed E-state index contributed by atoms with van der Waals surface area (Å²) in [4.78, 5) is 19.0. The molecule has 0 heterocycles. The number of benzene rings is 2. The van der Waals surface area contributed by atoms with Gasteiger partial charge in [-0.25, -0.2) is 13.2 Å². The van der Waals surface area contributed by atoms with Crippen molar-refractivity contribution >= 4 is 28.9 Å². The van der Waals surface area contributed by atoms with Crippen LogP contribution in [0.3, 0.4) is 0 Å². The molecule has 2 aromatic carbocycles. The number of amides is 1. The van der Waals surface area contributed by atoms with Crippen molar-refractivity contribution in [3.63, 3.8) is 0 Å². The maximum Gasteiger partial charge on any atom is 0.274 e. The Balaban J connectivity index is 2.28. The summed E-state index contributed by atoms with van der Waals surface area (Å²) in [5, 5.41) is 10.5. The number of carbonyl (C=O) groups is 1. The number of ether oxygens (including phenoxy) is 2. The second kappa shape index (κ2) is 11.9. The number of nitrogens with zero attached hydrogens (tertiary/aromatic N) is 2. The van der Waals surface area contributed by atoms with Crippen LogP contribution in [-0.4, -0.2) is 54.7 Å². The first-order chi connectivity index (χ1) is 16.4. The number of nitrogens with two attached hydrogens (primary N) is 1. The van der Waals surface area contributed by atoms with Gasteiger partial charge in [-0.2, -0.15) is 0 Å². The fourth-order valence-corrected chi connectivity index (χ4v) is 3.04. The first-order valence-corrected chi connectivity index (χ1v) is 10.6. The van der Waals surface area contributed by atoms with Crippen LogP contribution in [-0.2, 0) is 4.79 Å². The highest BCUT2D eigenvalue weighted by atomic mass is 35.5. The van der Waals surface area contributed by atoms with E-state index in [9.17, 15) is 23.1 Å². The zero-order valence-corrected chi connectivity index (χ0v) is 20.1. The van der Waals surface area contributed by atoms with Crippen LogP contribution >= 0.6 is 11.6 Å². The molecule has 0 aliphatic carbocycles. The van der Waals surface area contributed by atoms with Gasteiger partial charge in [-0.1, -0.05) is 24.2 Å². The highest BCUT2D eigenvalue weighted by Gasteiger charge is 2.41. The number of aliphatic hydroxyl groups is 1. The molecular weight excluding hydrogens is 487 g/mol. The number of hydrogen-bond donors (Lipinski definition) is 2. The second-order valence-corrected chi connectivity index (χ2v) is 7.93. The number of hydrogen-bond acceptors (Lipinski definition) is 6. The summed E-state index contributed by atoms with van der Waals surface area (Å²) in [5.41, 5.74) is 3.17. The van der Waals surface area contributed by atoms with Crippen molar-refractivity contribution in [3.8, 4) is 11.5 Å². The molecule has 35 heavy (non-hydrogen) atoms. The molecule has 1 atom stereocenters. The lowest BCUT2D eigenvalue weighted by Crippen LogP contribution is -2.42. The smallest absolute Gasteiger partial charge is 0.274 e. The van der Waals surface area contributed by atoms with Crippen molar-refractivity contribution in [3.05, 3.63) is 70.6 Å². The van der Waals surface area contributed by atoms with E-state index in [0.717, 1.165) is 6.07 Å². The van der Waals surface area contributed by atoms with Crippen LogP contribution in [0.25, 0.3) is 0 Å². The van der Waals surface area contributed by atoms with Crippen molar-refractivity contribution in [1.29, 1.82) is 0 Å². The summed E-state index contributed by atoms with van der Waals surface area (Å²) < 4.78 is 51.6. The molecule has 11 heteroatoms. The minimum Gasteiger partial charge on any atom is -0.493 e. The summed E-state index contributed by atoms with van der Waals surface area (Å²) >= 11 is 5.76. The number of halogens is 4. The van der Waals surface area contributed by atoms with Gasteiger partial charge in [0, 0.05) is 11.4 Å². The molecule has 0 spiro atoms. The minimum absolute atomic E-state index is 0.159. The monoisotopic (exact) mass is 511 g/mol. The van der Waals surface area contributed by atoms with Crippen molar-refractivity contribution in [1.82, 2.24) is 0 Å². The number of methoxy groups -OCH3 is 1. The van der Waals surface area contributed by atoms with Gasteiger partial charge in [-0.3, -0.25) is 14.8 Å². The fourth-order valence-electron chi connectivity index (χ4n) is 2.86. The van der Waals surface area contributed by atoms with Gasteiger partial charge in [-0.15, -0.1) is 0 Å². The number of carbonyl (C=O) groups excluding carboxylic acids is 1. The van der Waals surface area contributed by atoms with E-state index in [1.807, 2.05) is 0 Å². The first-order valence-electron chi connectivity index (χ1n) is 10.2. The number of aliphatic imine (C=N–C) groups is 2. The van der Waals surface area contributed by atoms with Crippen LogP contribution in [0.4, 0.5) is 13.2 Å². The zero-order valence-electron chi connectivity index (χ0n) is 19.3. The van der Waals surface area contributed by atoms with Crippen LogP contribution in [0.2, 0.25) is 5.02 Å². The molecule has 0 aliphatic rings. The highest BCUT2D eigenvalue weighted by Crippen LogP contribution is 2.30. The lowest BCUT2D eigenvalue weighted by Gasteiger charge is -2.26. The van der Waals surface area contributed by atoms with Gasteiger partial charge in [0.2, 0.25) is 0 Å². The van der Waals surface area contributed by atoms with E-state index >= 15 is 0 Å². The second-order valence-electron chi connectivity index (χ2n) is 7.52. The minimum atomic E-state index is -3.25. The quantitative estimate of drug-likeness (QED) is 0.441. The Morgan fingerprint density at radius 2 is 1.80 bits per heavy atom. The molecule has 0 fully saturated rings. The van der Waals surface area contributed by atoms with Crippen molar-refractivity contribution < 1.29 is 32.5 Å². The average Bonchev–Trinajstić information content (AvgIpc) is 2.82. The van der Waals surface area contributed by atoms with Crippen LogP contribution in [0, 0.1) is 5.82 Å². The maximum atomic E-state index is 13.9. The van der Waals surface area contributed by atoms with Crippen molar-refractivity contribution in [2.24, 2.45) is 15.7 Å². The molecule has 7 nitrogen and oxygen atoms in total. The van der Waals surface area contributed by atoms with Gasteiger partial charge in [0.15, 0.2) is 23.7 Å². The van der Waals surface area contributed by atoms with Crippen LogP contribution < -0.4 is 15.2 Å². The Bertz CT molecular complexity index is 1170. The average molecular weight is 512 g/mol. The normalized spacial score (nSPS) is 14.0. The number of alkyl halides is 2. The number of rotatable bonds is 11. The van der Waals surface area contributed by atoms with Gasteiger partial charge in [0.1, 0.15) is 5.82 Å². The van der Waals surface area contributed by atoms with Crippen LogP contribution in [0.15, 0.2) is 58.7 Å². The van der Waals surface area contributed by atoms with Crippen LogP contribution in [0.5, 0.6) is 11.5 Å². The molecule has 0 saturated heterocycles. The summed E-state index contributed by atoms with van der Waals surface area (Å²) in [5.74, 6) is -0.781. The van der Waals surface area contributed by atoms with E-state index in [4.69, 9.17) is 26.8 Å². The summed E-state index contributed by atoms with van der Waals surface area (Å²) in [6.45, 7) is 5.47.